The molecule has 5 nitrogen and oxygen atoms in total. The van der Waals surface area contributed by atoms with Gasteiger partial charge in [-0.15, -0.1) is 0 Å². The molecule has 0 bridgehead atoms. The number of carbonyl (C=O) groups is 3. The van der Waals surface area contributed by atoms with Gasteiger partial charge in [0.1, 0.15) is 11.4 Å². The SMILES string of the molecule is Cc1ccc([C@]2(C)NC(=O)N(CC(=O)c3ccccc3F)C2=O)cc1. The van der Waals surface area contributed by atoms with Gasteiger partial charge in [0.25, 0.3) is 5.91 Å². The van der Waals surface area contributed by atoms with Gasteiger partial charge in [-0.05, 0) is 31.5 Å². The molecule has 1 saturated heterocycles. The second-order valence-electron chi connectivity index (χ2n) is 6.22. The molecule has 25 heavy (non-hydrogen) atoms. The van der Waals surface area contributed by atoms with Gasteiger partial charge in [0, 0.05) is 0 Å². The Morgan fingerprint density at radius 3 is 2.40 bits per heavy atom. The van der Waals surface area contributed by atoms with Crippen LogP contribution >= 0.6 is 0 Å². The third-order valence-corrected chi connectivity index (χ3v) is 4.38. The number of hydrogen-bond acceptors (Lipinski definition) is 3. The lowest BCUT2D eigenvalue weighted by Crippen LogP contribution is -2.41. The highest BCUT2D eigenvalue weighted by atomic mass is 19.1. The van der Waals surface area contributed by atoms with Crippen LogP contribution in [0.5, 0.6) is 0 Å². The predicted octanol–water partition coefficient (Wildman–Crippen LogP) is 2.78. The van der Waals surface area contributed by atoms with E-state index in [4.69, 9.17) is 0 Å². The summed E-state index contributed by atoms with van der Waals surface area (Å²) in [6, 6.07) is 12.0. The quantitative estimate of drug-likeness (QED) is 0.687. The average molecular weight is 340 g/mol. The lowest BCUT2D eigenvalue weighted by atomic mass is 9.91. The molecular weight excluding hydrogens is 323 g/mol. The van der Waals surface area contributed by atoms with E-state index in [2.05, 4.69) is 5.32 Å². The van der Waals surface area contributed by atoms with Crippen LogP contribution in [-0.2, 0) is 10.3 Å². The number of carbonyl (C=O) groups excluding carboxylic acids is 3. The van der Waals surface area contributed by atoms with E-state index in [1.54, 1.807) is 19.1 Å². The van der Waals surface area contributed by atoms with E-state index in [-0.39, 0.29) is 5.56 Å². The number of Topliss-reactive ketones (excluding diaryl/α,β-unsaturated/α-hetero) is 1. The molecular formula is C19H17FN2O3. The number of hydrogen-bond donors (Lipinski definition) is 1. The van der Waals surface area contributed by atoms with Gasteiger partial charge in [0.2, 0.25) is 0 Å². The second kappa shape index (κ2) is 6.12. The first-order valence-corrected chi connectivity index (χ1v) is 7.82. The van der Waals surface area contributed by atoms with E-state index in [0.29, 0.717) is 5.56 Å². The van der Waals surface area contributed by atoms with Crippen LogP contribution in [0.1, 0.15) is 28.4 Å². The van der Waals surface area contributed by atoms with Crippen molar-refractivity contribution >= 4 is 17.7 Å². The van der Waals surface area contributed by atoms with Crippen molar-refractivity contribution in [3.8, 4) is 0 Å². The molecule has 0 spiro atoms. The van der Waals surface area contributed by atoms with Crippen molar-refractivity contribution in [3.05, 3.63) is 71.0 Å². The van der Waals surface area contributed by atoms with Crippen molar-refractivity contribution in [1.82, 2.24) is 10.2 Å². The number of nitrogens with zero attached hydrogens (tertiary/aromatic N) is 1. The Labute approximate surface area is 144 Å². The molecule has 1 atom stereocenters. The van der Waals surface area contributed by atoms with Gasteiger partial charge in [-0.3, -0.25) is 14.5 Å². The lowest BCUT2D eigenvalue weighted by molar-refractivity contribution is -0.130. The monoisotopic (exact) mass is 340 g/mol. The number of nitrogens with one attached hydrogen (secondary N) is 1. The number of rotatable bonds is 4. The molecule has 2 aromatic carbocycles. The van der Waals surface area contributed by atoms with Gasteiger partial charge < -0.3 is 5.32 Å². The van der Waals surface area contributed by atoms with Crippen molar-refractivity contribution in [3.63, 3.8) is 0 Å². The third-order valence-electron chi connectivity index (χ3n) is 4.38. The number of ketones is 1. The summed E-state index contributed by atoms with van der Waals surface area (Å²) in [5.41, 5.74) is 0.250. The summed E-state index contributed by atoms with van der Waals surface area (Å²) >= 11 is 0. The van der Waals surface area contributed by atoms with Crippen LogP contribution in [0.4, 0.5) is 9.18 Å². The standard InChI is InChI=1S/C19H17FN2O3/c1-12-7-9-13(10-8-12)19(2)17(24)22(18(25)21-19)11-16(23)14-5-3-4-6-15(14)20/h3-10H,11H2,1-2H3,(H,21,25)/t19-/m0/s1. The molecule has 1 aliphatic heterocycles. The minimum Gasteiger partial charge on any atom is -0.319 e. The lowest BCUT2D eigenvalue weighted by Gasteiger charge is -2.22. The highest BCUT2D eigenvalue weighted by Crippen LogP contribution is 2.29. The minimum atomic E-state index is -1.25. The molecule has 1 heterocycles. The fourth-order valence-electron chi connectivity index (χ4n) is 2.84. The largest absolute Gasteiger partial charge is 0.325 e. The Kier molecular flexibility index (Phi) is 4.12. The first-order valence-electron chi connectivity index (χ1n) is 7.82. The van der Waals surface area contributed by atoms with Gasteiger partial charge in [0.15, 0.2) is 5.78 Å². The Hall–Kier alpha value is -3.02. The smallest absolute Gasteiger partial charge is 0.319 e. The van der Waals surface area contributed by atoms with Crippen molar-refractivity contribution in [2.45, 2.75) is 19.4 Å². The van der Waals surface area contributed by atoms with Crippen molar-refractivity contribution in [2.75, 3.05) is 6.54 Å². The maximum absolute atomic E-state index is 13.7. The average Bonchev–Trinajstić information content (AvgIpc) is 2.80. The molecule has 0 aromatic heterocycles. The third kappa shape index (κ3) is 2.91. The van der Waals surface area contributed by atoms with Gasteiger partial charge in [-0.25, -0.2) is 9.18 Å². The molecule has 0 aliphatic carbocycles. The van der Waals surface area contributed by atoms with E-state index in [1.807, 2.05) is 19.1 Å². The maximum Gasteiger partial charge on any atom is 0.325 e. The van der Waals surface area contributed by atoms with Crippen LogP contribution in [0.25, 0.3) is 0 Å². The van der Waals surface area contributed by atoms with Crippen LogP contribution < -0.4 is 5.32 Å². The fourth-order valence-corrected chi connectivity index (χ4v) is 2.84. The molecule has 1 N–H and O–H groups in total. The van der Waals surface area contributed by atoms with E-state index >= 15 is 0 Å². The summed E-state index contributed by atoms with van der Waals surface area (Å²) in [7, 11) is 0. The van der Waals surface area contributed by atoms with Crippen molar-refractivity contribution in [1.29, 1.82) is 0 Å². The highest BCUT2D eigenvalue weighted by Gasteiger charge is 2.49. The summed E-state index contributed by atoms with van der Waals surface area (Å²) in [6.07, 6.45) is 0. The van der Waals surface area contributed by atoms with Crippen LogP contribution in [-0.4, -0.2) is 29.2 Å². The summed E-state index contributed by atoms with van der Waals surface area (Å²) < 4.78 is 13.7. The Bertz CT molecular complexity index is 863. The zero-order valence-electron chi connectivity index (χ0n) is 13.9. The number of halogens is 1. The summed E-state index contributed by atoms with van der Waals surface area (Å²) in [5.74, 6) is -1.85. The number of imide groups is 1. The van der Waals surface area contributed by atoms with E-state index < -0.39 is 35.6 Å². The van der Waals surface area contributed by atoms with E-state index in [1.165, 1.54) is 18.2 Å². The molecule has 0 unspecified atom stereocenters. The second-order valence-corrected chi connectivity index (χ2v) is 6.22. The normalized spacial score (nSPS) is 19.9. The van der Waals surface area contributed by atoms with Crippen LogP contribution in [0.15, 0.2) is 48.5 Å². The fraction of sp³-hybridized carbons (Fsp3) is 0.211. The predicted molar refractivity (Wildman–Crippen MR) is 89.5 cm³/mol. The van der Waals surface area contributed by atoms with E-state index in [9.17, 15) is 18.8 Å². The van der Waals surface area contributed by atoms with Gasteiger partial charge in [-0.2, -0.15) is 0 Å². The first-order chi connectivity index (χ1) is 11.8. The first kappa shape index (κ1) is 16.8. The molecule has 6 heteroatoms. The Morgan fingerprint density at radius 1 is 1.12 bits per heavy atom. The molecule has 0 radical (unpaired) electrons. The zero-order chi connectivity index (χ0) is 18.2. The molecule has 2 aromatic rings. The molecule has 0 saturated carbocycles. The maximum atomic E-state index is 13.7. The Morgan fingerprint density at radius 2 is 1.76 bits per heavy atom. The minimum absolute atomic E-state index is 0.146. The van der Waals surface area contributed by atoms with Crippen LogP contribution in [0.2, 0.25) is 0 Å². The van der Waals surface area contributed by atoms with Gasteiger partial charge >= 0.3 is 6.03 Å². The van der Waals surface area contributed by atoms with Crippen molar-refractivity contribution < 1.29 is 18.8 Å². The Balaban J connectivity index is 1.85. The molecule has 3 amide bonds. The number of urea groups is 1. The summed E-state index contributed by atoms with van der Waals surface area (Å²) in [6.45, 7) is 3.00. The van der Waals surface area contributed by atoms with Crippen molar-refractivity contribution in [2.24, 2.45) is 0 Å². The number of amides is 3. The number of aryl methyl sites for hydroxylation is 1. The number of benzene rings is 2. The topological polar surface area (TPSA) is 66.5 Å². The van der Waals surface area contributed by atoms with Gasteiger partial charge in [-0.1, -0.05) is 42.0 Å². The van der Waals surface area contributed by atoms with Crippen LogP contribution in [0.3, 0.4) is 0 Å². The van der Waals surface area contributed by atoms with Gasteiger partial charge in [0.05, 0.1) is 12.1 Å². The van der Waals surface area contributed by atoms with Crippen LogP contribution in [0, 0.1) is 12.7 Å². The van der Waals surface area contributed by atoms with E-state index in [0.717, 1.165) is 16.5 Å². The molecule has 128 valence electrons. The summed E-state index contributed by atoms with van der Waals surface area (Å²) in [4.78, 5) is 38.1. The molecule has 3 rings (SSSR count). The summed E-state index contributed by atoms with van der Waals surface area (Å²) in [5, 5.41) is 2.63. The highest BCUT2D eigenvalue weighted by molar-refractivity contribution is 6.11. The zero-order valence-corrected chi connectivity index (χ0v) is 13.9. The molecule has 1 fully saturated rings. The molecule has 1 aliphatic rings.